The van der Waals surface area contributed by atoms with Crippen LogP contribution >= 0.6 is 0 Å². The second-order valence-corrected chi connectivity index (χ2v) is 5.35. The average molecular weight is 229 g/mol. The molecule has 0 aliphatic rings. The average Bonchev–Trinajstić information content (AvgIpc) is 2.15. The Kier molecular flexibility index (Phi) is 6.01. The van der Waals surface area contributed by atoms with Crippen LogP contribution in [0.15, 0.2) is 0 Å². The molecule has 0 bridgehead atoms. The van der Waals surface area contributed by atoms with E-state index in [0.717, 1.165) is 12.8 Å². The summed E-state index contributed by atoms with van der Waals surface area (Å²) in [6, 6.07) is 0.270. The Balaban J connectivity index is 4.42. The largest absolute Gasteiger partial charge is 0.459 e. The van der Waals surface area contributed by atoms with Crippen molar-refractivity contribution in [3.63, 3.8) is 0 Å². The summed E-state index contributed by atoms with van der Waals surface area (Å²) in [7, 11) is 1.99. The molecule has 0 heterocycles. The third kappa shape index (κ3) is 4.97. The van der Waals surface area contributed by atoms with Crippen molar-refractivity contribution < 1.29 is 9.53 Å². The van der Waals surface area contributed by atoms with Gasteiger partial charge in [0.15, 0.2) is 0 Å². The lowest BCUT2D eigenvalue weighted by atomic mass is 10.1. The second kappa shape index (κ2) is 6.24. The molecule has 0 rings (SSSR count). The van der Waals surface area contributed by atoms with Gasteiger partial charge in [-0.15, -0.1) is 0 Å². The minimum atomic E-state index is -0.403. The fourth-order valence-electron chi connectivity index (χ4n) is 1.73. The minimum absolute atomic E-state index is 0.137. The van der Waals surface area contributed by atoms with E-state index in [0.29, 0.717) is 6.04 Å². The highest BCUT2D eigenvalue weighted by atomic mass is 16.6. The molecule has 0 aromatic carbocycles. The molecular formula is C13H27NO2. The van der Waals surface area contributed by atoms with Crippen LogP contribution in [0.5, 0.6) is 0 Å². The van der Waals surface area contributed by atoms with Crippen LogP contribution < -0.4 is 0 Å². The van der Waals surface area contributed by atoms with Gasteiger partial charge in [0.05, 0.1) is 0 Å². The van der Waals surface area contributed by atoms with Crippen molar-refractivity contribution >= 4 is 5.97 Å². The molecule has 0 amide bonds. The number of hydrogen-bond acceptors (Lipinski definition) is 3. The van der Waals surface area contributed by atoms with Crippen LogP contribution in [0.1, 0.15) is 54.4 Å². The van der Waals surface area contributed by atoms with Crippen molar-refractivity contribution in [3.8, 4) is 0 Å². The van der Waals surface area contributed by atoms with Crippen LogP contribution in [0, 0.1) is 0 Å². The lowest BCUT2D eigenvalue weighted by Crippen LogP contribution is -2.45. The first-order chi connectivity index (χ1) is 7.22. The smallest absolute Gasteiger partial charge is 0.323 e. The molecule has 0 spiro atoms. The van der Waals surface area contributed by atoms with Gasteiger partial charge in [0.25, 0.3) is 0 Å². The minimum Gasteiger partial charge on any atom is -0.459 e. The maximum Gasteiger partial charge on any atom is 0.323 e. The number of carbonyl (C=O) groups excluding carboxylic acids is 1. The summed E-state index contributed by atoms with van der Waals surface area (Å²) in [5.74, 6) is -0.137. The Morgan fingerprint density at radius 1 is 1.25 bits per heavy atom. The summed E-state index contributed by atoms with van der Waals surface area (Å²) in [6.07, 6.45) is 2.11. The van der Waals surface area contributed by atoms with Gasteiger partial charge < -0.3 is 4.74 Å². The molecule has 0 aromatic rings. The Morgan fingerprint density at radius 3 is 2.00 bits per heavy atom. The van der Waals surface area contributed by atoms with Crippen LogP contribution in [-0.4, -0.2) is 35.6 Å². The van der Waals surface area contributed by atoms with Gasteiger partial charge in [-0.05, 0) is 47.6 Å². The molecule has 3 nitrogen and oxygen atoms in total. The third-order valence-electron chi connectivity index (χ3n) is 2.88. The number of esters is 1. The first-order valence-electron chi connectivity index (χ1n) is 6.17. The molecule has 0 aromatic heterocycles. The van der Waals surface area contributed by atoms with E-state index in [2.05, 4.69) is 18.7 Å². The van der Waals surface area contributed by atoms with Gasteiger partial charge in [0.2, 0.25) is 0 Å². The zero-order chi connectivity index (χ0) is 12.9. The Hall–Kier alpha value is -0.570. The maximum absolute atomic E-state index is 11.9. The molecule has 0 radical (unpaired) electrons. The lowest BCUT2D eigenvalue weighted by molar-refractivity contribution is -0.161. The van der Waals surface area contributed by atoms with Gasteiger partial charge in [0, 0.05) is 6.04 Å². The van der Waals surface area contributed by atoms with Crippen LogP contribution in [0.3, 0.4) is 0 Å². The molecule has 16 heavy (non-hydrogen) atoms. The molecule has 0 fully saturated rings. The molecular weight excluding hydrogens is 202 g/mol. The van der Waals surface area contributed by atoms with E-state index < -0.39 is 5.60 Å². The van der Waals surface area contributed by atoms with E-state index in [1.807, 2.05) is 34.7 Å². The summed E-state index contributed by atoms with van der Waals surface area (Å²) >= 11 is 0. The van der Waals surface area contributed by atoms with E-state index >= 15 is 0 Å². The first-order valence-corrected chi connectivity index (χ1v) is 6.17. The van der Waals surface area contributed by atoms with Crippen LogP contribution in [0.2, 0.25) is 0 Å². The number of nitrogens with zero attached hydrogens (tertiary/aromatic N) is 1. The monoisotopic (exact) mass is 229 g/mol. The van der Waals surface area contributed by atoms with Crippen LogP contribution in [0.4, 0.5) is 0 Å². The SMILES string of the molecule is CCC(CC)N(C)C(C)C(=O)OC(C)(C)C. The third-order valence-corrected chi connectivity index (χ3v) is 2.88. The van der Waals surface area contributed by atoms with E-state index in [-0.39, 0.29) is 12.0 Å². The van der Waals surface area contributed by atoms with Gasteiger partial charge in [-0.25, -0.2) is 0 Å². The van der Waals surface area contributed by atoms with Crippen LogP contribution in [-0.2, 0) is 9.53 Å². The van der Waals surface area contributed by atoms with Crippen molar-refractivity contribution in [1.82, 2.24) is 4.90 Å². The predicted molar refractivity (Wildman–Crippen MR) is 67.4 cm³/mol. The van der Waals surface area contributed by atoms with Crippen LogP contribution in [0.25, 0.3) is 0 Å². The standard InChI is InChI=1S/C13H27NO2/c1-8-11(9-2)14(7)10(3)12(15)16-13(4,5)6/h10-11H,8-9H2,1-7H3. The van der Waals surface area contributed by atoms with Gasteiger partial charge in [0.1, 0.15) is 11.6 Å². The normalized spacial score (nSPS) is 14.3. The number of carbonyl (C=O) groups is 1. The highest BCUT2D eigenvalue weighted by Gasteiger charge is 2.27. The van der Waals surface area contributed by atoms with Crippen molar-refractivity contribution in [3.05, 3.63) is 0 Å². The van der Waals surface area contributed by atoms with Gasteiger partial charge >= 0.3 is 5.97 Å². The van der Waals surface area contributed by atoms with Crippen molar-refractivity contribution in [2.24, 2.45) is 0 Å². The Morgan fingerprint density at radius 2 is 1.69 bits per heavy atom. The topological polar surface area (TPSA) is 29.5 Å². The van der Waals surface area contributed by atoms with E-state index in [1.165, 1.54) is 0 Å². The molecule has 0 N–H and O–H groups in total. The molecule has 3 heteroatoms. The molecule has 1 atom stereocenters. The molecule has 0 aliphatic heterocycles. The molecule has 96 valence electrons. The highest BCUT2D eigenvalue weighted by molar-refractivity contribution is 5.75. The molecule has 0 saturated heterocycles. The quantitative estimate of drug-likeness (QED) is 0.679. The fourth-order valence-corrected chi connectivity index (χ4v) is 1.73. The van der Waals surface area contributed by atoms with E-state index in [1.54, 1.807) is 0 Å². The predicted octanol–water partition coefficient (Wildman–Crippen LogP) is 2.84. The number of likely N-dealkylation sites (N-methyl/N-ethyl adjacent to an activating group) is 1. The Labute approximate surface area is 100 Å². The number of ether oxygens (including phenoxy) is 1. The molecule has 0 saturated carbocycles. The zero-order valence-electron chi connectivity index (χ0n) is 11.8. The van der Waals surface area contributed by atoms with Crippen molar-refractivity contribution in [1.29, 1.82) is 0 Å². The van der Waals surface area contributed by atoms with E-state index in [4.69, 9.17) is 4.74 Å². The van der Waals surface area contributed by atoms with E-state index in [9.17, 15) is 4.79 Å². The number of rotatable bonds is 5. The summed E-state index contributed by atoms with van der Waals surface area (Å²) in [4.78, 5) is 14.0. The summed E-state index contributed by atoms with van der Waals surface area (Å²) in [5, 5.41) is 0. The summed E-state index contributed by atoms with van der Waals surface area (Å²) < 4.78 is 5.38. The van der Waals surface area contributed by atoms with Gasteiger partial charge in [-0.3, -0.25) is 9.69 Å². The van der Waals surface area contributed by atoms with Crippen molar-refractivity contribution in [2.75, 3.05) is 7.05 Å². The highest BCUT2D eigenvalue weighted by Crippen LogP contribution is 2.14. The number of hydrogen-bond donors (Lipinski definition) is 0. The second-order valence-electron chi connectivity index (χ2n) is 5.35. The first kappa shape index (κ1) is 15.4. The molecule has 1 unspecified atom stereocenters. The van der Waals surface area contributed by atoms with Gasteiger partial charge in [-0.2, -0.15) is 0 Å². The van der Waals surface area contributed by atoms with Gasteiger partial charge in [-0.1, -0.05) is 13.8 Å². The lowest BCUT2D eigenvalue weighted by Gasteiger charge is -2.32. The molecule has 0 aliphatic carbocycles. The maximum atomic E-state index is 11.9. The summed E-state index contributed by atoms with van der Waals surface area (Å²) in [5.41, 5.74) is -0.403. The summed E-state index contributed by atoms with van der Waals surface area (Å²) in [6.45, 7) is 11.9. The Bertz CT molecular complexity index is 216. The fraction of sp³-hybridized carbons (Fsp3) is 0.923. The zero-order valence-corrected chi connectivity index (χ0v) is 11.8. The van der Waals surface area contributed by atoms with Crippen molar-refractivity contribution in [2.45, 2.75) is 72.1 Å².